The van der Waals surface area contributed by atoms with Crippen molar-refractivity contribution >= 4 is 33.2 Å². The molecule has 0 unspecified atom stereocenters. The Morgan fingerprint density at radius 1 is 1.16 bits per heavy atom. The molecule has 0 saturated heterocycles. The molecule has 0 aliphatic heterocycles. The second kappa shape index (κ2) is 5.84. The Morgan fingerprint density at radius 2 is 1.89 bits per heavy atom. The number of hydrogen-bond acceptors (Lipinski definition) is 1. The van der Waals surface area contributed by atoms with Crippen molar-refractivity contribution in [2.75, 3.05) is 5.32 Å². The third-order valence-corrected chi connectivity index (χ3v) is 3.41. The van der Waals surface area contributed by atoms with Crippen molar-refractivity contribution in [2.45, 2.75) is 6.54 Å². The van der Waals surface area contributed by atoms with Crippen molar-refractivity contribution in [1.29, 1.82) is 0 Å². The molecular formula is C13H8BrClF3N. The molecule has 19 heavy (non-hydrogen) atoms. The molecule has 2 rings (SSSR count). The van der Waals surface area contributed by atoms with Crippen molar-refractivity contribution in [1.82, 2.24) is 0 Å². The fraction of sp³-hybridized carbons (Fsp3) is 0.0769. The van der Waals surface area contributed by atoms with E-state index in [2.05, 4.69) is 21.2 Å². The molecule has 1 N–H and O–H groups in total. The zero-order chi connectivity index (χ0) is 14.0. The van der Waals surface area contributed by atoms with Gasteiger partial charge < -0.3 is 5.32 Å². The molecule has 0 saturated carbocycles. The van der Waals surface area contributed by atoms with Gasteiger partial charge in [-0.05, 0) is 28.1 Å². The summed E-state index contributed by atoms with van der Waals surface area (Å²) in [4.78, 5) is 0. The highest BCUT2D eigenvalue weighted by atomic mass is 79.9. The van der Waals surface area contributed by atoms with E-state index < -0.39 is 17.5 Å². The minimum Gasteiger partial charge on any atom is -0.378 e. The van der Waals surface area contributed by atoms with Crippen LogP contribution in [0, 0.1) is 17.5 Å². The van der Waals surface area contributed by atoms with Crippen molar-refractivity contribution in [2.24, 2.45) is 0 Å². The van der Waals surface area contributed by atoms with Gasteiger partial charge in [0.25, 0.3) is 0 Å². The van der Waals surface area contributed by atoms with Gasteiger partial charge in [0.2, 0.25) is 0 Å². The maximum Gasteiger partial charge on any atom is 0.150 e. The largest absolute Gasteiger partial charge is 0.378 e. The lowest BCUT2D eigenvalue weighted by Crippen LogP contribution is -2.05. The van der Waals surface area contributed by atoms with E-state index in [0.717, 1.165) is 12.1 Å². The van der Waals surface area contributed by atoms with Crippen molar-refractivity contribution in [3.63, 3.8) is 0 Å². The highest BCUT2D eigenvalue weighted by Gasteiger charge is 2.11. The average molecular weight is 351 g/mol. The Hall–Kier alpha value is -1.20. The summed E-state index contributed by atoms with van der Waals surface area (Å²) in [6.07, 6.45) is 0. The summed E-state index contributed by atoms with van der Waals surface area (Å²) < 4.78 is 40.3. The van der Waals surface area contributed by atoms with Crippen LogP contribution in [-0.2, 0) is 6.54 Å². The summed E-state index contributed by atoms with van der Waals surface area (Å²) in [5.74, 6) is -2.01. The minimum absolute atomic E-state index is 0.00190. The molecule has 1 nitrogen and oxygen atoms in total. The first-order chi connectivity index (χ1) is 8.99. The SMILES string of the molecule is Fc1cc(F)c(NCc2cccc(Cl)c2F)c(Br)c1. The topological polar surface area (TPSA) is 12.0 Å². The smallest absolute Gasteiger partial charge is 0.150 e. The number of halogens is 5. The van der Waals surface area contributed by atoms with Gasteiger partial charge in [-0.1, -0.05) is 23.7 Å². The van der Waals surface area contributed by atoms with Gasteiger partial charge in [0.05, 0.1) is 10.7 Å². The van der Waals surface area contributed by atoms with E-state index in [1.165, 1.54) is 12.1 Å². The van der Waals surface area contributed by atoms with Crippen LogP contribution in [0.3, 0.4) is 0 Å². The van der Waals surface area contributed by atoms with Gasteiger partial charge in [-0.25, -0.2) is 13.2 Å². The molecular weight excluding hydrogens is 343 g/mol. The number of hydrogen-bond donors (Lipinski definition) is 1. The molecule has 0 atom stereocenters. The predicted molar refractivity (Wildman–Crippen MR) is 72.8 cm³/mol. The molecule has 2 aromatic carbocycles. The fourth-order valence-electron chi connectivity index (χ4n) is 1.58. The molecule has 6 heteroatoms. The van der Waals surface area contributed by atoms with Crippen molar-refractivity contribution < 1.29 is 13.2 Å². The first-order valence-corrected chi connectivity index (χ1v) is 6.47. The average Bonchev–Trinajstić information content (AvgIpc) is 2.33. The van der Waals surface area contributed by atoms with Crippen LogP contribution in [0.4, 0.5) is 18.9 Å². The highest BCUT2D eigenvalue weighted by molar-refractivity contribution is 9.10. The quantitative estimate of drug-likeness (QED) is 0.809. The summed E-state index contributed by atoms with van der Waals surface area (Å²) in [5.41, 5.74) is 0.365. The summed E-state index contributed by atoms with van der Waals surface area (Å²) in [6.45, 7) is 0.0353. The fourth-order valence-corrected chi connectivity index (χ4v) is 2.32. The van der Waals surface area contributed by atoms with Crippen molar-refractivity contribution in [3.05, 3.63) is 62.8 Å². The zero-order valence-corrected chi connectivity index (χ0v) is 11.8. The van der Waals surface area contributed by atoms with Gasteiger partial charge in [0, 0.05) is 22.6 Å². The molecule has 0 aliphatic rings. The maximum absolute atomic E-state index is 13.6. The number of benzene rings is 2. The molecule has 0 amide bonds. The van der Waals surface area contributed by atoms with Gasteiger partial charge in [-0.2, -0.15) is 0 Å². The monoisotopic (exact) mass is 349 g/mol. The van der Waals surface area contributed by atoms with Gasteiger partial charge in [-0.15, -0.1) is 0 Å². The molecule has 0 fully saturated rings. The summed E-state index contributed by atoms with van der Waals surface area (Å²) in [5, 5.41) is 2.70. The standard InChI is InChI=1S/C13H8BrClF3N/c14-9-4-8(16)5-11(17)13(9)19-6-7-2-1-3-10(15)12(7)18/h1-5,19H,6H2. The lowest BCUT2D eigenvalue weighted by molar-refractivity contribution is 0.582. The highest BCUT2D eigenvalue weighted by Crippen LogP contribution is 2.28. The number of anilines is 1. The van der Waals surface area contributed by atoms with Crippen LogP contribution in [0.1, 0.15) is 5.56 Å². The summed E-state index contributed by atoms with van der Waals surface area (Å²) in [7, 11) is 0. The first kappa shape index (κ1) is 14.2. The Bertz CT molecular complexity index is 596. The Labute approximate surface area is 121 Å². The van der Waals surface area contributed by atoms with Gasteiger partial charge >= 0.3 is 0 Å². The molecule has 2 aromatic rings. The molecule has 0 heterocycles. The van der Waals surface area contributed by atoms with Crippen LogP contribution in [0.2, 0.25) is 5.02 Å². The normalized spacial score (nSPS) is 10.6. The Morgan fingerprint density at radius 3 is 2.58 bits per heavy atom. The molecule has 0 bridgehead atoms. The third kappa shape index (κ3) is 3.22. The number of rotatable bonds is 3. The van der Waals surface area contributed by atoms with Crippen molar-refractivity contribution in [3.8, 4) is 0 Å². The molecule has 0 radical (unpaired) electrons. The van der Waals surface area contributed by atoms with Crippen LogP contribution in [-0.4, -0.2) is 0 Å². The third-order valence-electron chi connectivity index (χ3n) is 2.49. The summed E-state index contributed by atoms with van der Waals surface area (Å²) >= 11 is 8.69. The first-order valence-electron chi connectivity index (χ1n) is 5.30. The molecule has 0 spiro atoms. The van der Waals surface area contributed by atoms with E-state index in [9.17, 15) is 13.2 Å². The molecule has 0 aliphatic carbocycles. The van der Waals surface area contributed by atoms with E-state index in [0.29, 0.717) is 5.56 Å². The molecule has 100 valence electrons. The van der Waals surface area contributed by atoms with Gasteiger partial charge in [-0.3, -0.25) is 0 Å². The lowest BCUT2D eigenvalue weighted by Gasteiger charge is -2.11. The lowest BCUT2D eigenvalue weighted by atomic mass is 10.2. The second-order valence-corrected chi connectivity index (χ2v) is 5.07. The maximum atomic E-state index is 13.6. The van der Waals surface area contributed by atoms with E-state index >= 15 is 0 Å². The van der Waals surface area contributed by atoms with Crippen LogP contribution < -0.4 is 5.32 Å². The van der Waals surface area contributed by atoms with E-state index in [1.807, 2.05) is 0 Å². The zero-order valence-electron chi connectivity index (χ0n) is 9.48. The molecule has 0 aromatic heterocycles. The Balaban J connectivity index is 2.22. The van der Waals surface area contributed by atoms with Crippen LogP contribution in [0.25, 0.3) is 0 Å². The summed E-state index contributed by atoms with van der Waals surface area (Å²) in [6, 6.07) is 6.43. The number of nitrogens with one attached hydrogen (secondary N) is 1. The van der Waals surface area contributed by atoms with Crippen LogP contribution in [0.5, 0.6) is 0 Å². The van der Waals surface area contributed by atoms with Crippen LogP contribution >= 0.6 is 27.5 Å². The second-order valence-electron chi connectivity index (χ2n) is 3.81. The predicted octanol–water partition coefficient (Wildman–Crippen LogP) is 5.13. The van der Waals surface area contributed by atoms with Gasteiger partial charge in [0.15, 0.2) is 0 Å². The van der Waals surface area contributed by atoms with E-state index in [1.54, 1.807) is 6.07 Å². The van der Waals surface area contributed by atoms with Crippen LogP contribution in [0.15, 0.2) is 34.8 Å². The van der Waals surface area contributed by atoms with E-state index in [-0.39, 0.29) is 21.7 Å². The Kier molecular flexibility index (Phi) is 4.37. The van der Waals surface area contributed by atoms with Gasteiger partial charge in [0.1, 0.15) is 17.5 Å². The van der Waals surface area contributed by atoms with E-state index in [4.69, 9.17) is 11.6 Å². The minimum atomic E-state index is -0.755.